The highest BCUT2D eigenvalue weighted by atomic mass is 35.5. The van der Waals surface area contributed by atoms with Crippen molar-refractivity contribution in [1.29, 1.82) is 0 Å². The summed E-state index contributed by atoms with van der Waals surface area (Å²) in [6, 6.07) is 9.31. The molecule has 1 aromatic carbocycles. The third-order valence-electron chi connectivity index (χ3n) is 3.10. The molecule has 1 aliphatic heterocycles. The fourth-order valence-corrected chi connectivity index (χ4v) is 3.05. The van der Waals surface area contributed by atoms with Crippen LogP contribution in [-0.2, 0) is 6.42 Å². The first-order chi connectivity index (χ1) is 10.2. The molecule has 21 heavy (non-hydrogen) atoms. The van der Waals surface area contributed by atoms with E-state index in [1.807, 2.05) is 18.2 Å². The molecule has 0 aliphatic carbocycles. The van der Waals surface area contributed by atoms with E-state index >= 15 is 0 Å². The maximum absolute atomic E-state index is 11.9. The van der Waals surface area contributed by atoms with E-state index in [0.717, 1.165) is 23.5 Å². The van der Waals surface area contributed by atoms with Crippen LogP contribution in [0, 0.1) is 0 Å². The van der Waals surface area contributed by atoms with Crippen molar-refractivity contribution < 1.29 is 14.3 Å². The minimum absolute atomic E-state index is 0.0931. The molecule has 2 aromatic rings. The van der Waals surface area contributed by atoms with Crippen molar-refractivity contribution in [3.63, 3.8) is 0 Å². The first-order valence-corrected chi connectivity index (χ1v) is 7.84. The van der Waals surface area contributed by atoms with E-state index in [9.17, 15) is 4.79 Å². The molecule has 6 heteroatoms. The van der Waals surface area contributed by atoms with Crippen molar-refractivity contribution in [1.82, 2.24) is 5.32 Å². The van der Waals surface area contributed by atoms with Crippen molar-refractivity contribution in [2.24, 2.45) is 0 Å². The van der Waals surface area contributed by atoms with Gasteiger partial charge in [-0.15, -0.1) is 11.3 Å². The van der Waals surface area contributed by atoms with Gasteiger partial charge in [-0.2, -0.15) is 0 Å². The second-order valence-electron chi connectivity index (χ2n) is 4.59. The van der Waals surface area contributed by atoms with E-state index in [-0.39, 0.29) is 5.91 Å². The highest BCUT2D eigenvalue weighted by Crippen LogP contribution is 2.30. The molecule has 1 amide bonds. The molecule has 0 unspecified atom stereocenters. The average molecular weight is 324 g/mol. The highest BCUT2D eigenvalue weighted by Gasteiger charge is 2.12. The molecule has 0 fully saturated rings. The van der Waals surface area contributed by atoms with E-state index in [1.54, 1.807) is 12.1 Å². The molecule has 0 atom stereocenters. The second-order valence-corrected chi connectivity index (χ2v) is 6.30. The number of thiophene rings is 1. The van der Waals surface area contributed by atoms with Crippen molar-refractivity contribution >= 4 is 28.8 Å². The maximum atomic E-state index is 11.9. The number of fused-ring (bicyclic) bond motifs is 1. The molecule has 1 aromatic heterocycles. The SMILES string of the molecule is O=C(NCCc1ccc2c(c1)OCCO2)c1ccc(Cl)s1. The van der Waals surface area contributed by atoms with Crippen molar-refractivity contribution in [3.8, 4) is 11.5 Å². The lowest BCUT2D eigenvalue weighted by atomic mass is 10.1. The van der Waals surface area contributed by atoms with Crippen LogP contribution in [0.4, 0.5) is 0 Å². The molecule has 0 spiro atoms. The standard InChI is InChI=1S/C15H14ClNO3S/c16-14-4-3-13(21-14)15(18)17-6-5-10-1-2-11-12(9-10)20-8-7-19-11/h1-4,9H,5-8H2,(H,17,18). The minimum atomic E-state index is -0.0931. The summed E-state index contributed by atoms with van der Waals surface area (Å²) in [4.78, 5) is 12.5. The number of ether oxygens (including phenoxy) is 2. The lowest BCUT2D eigenvalue weighted by Crippen LogP contribution is -2.24. The summed E-state index contributed by atoms with van der Waals surface area (Å²) in [7, 11) is 0. The van der Waals surface area contributed by atoms with Gasteiger partial charge in [-0.05, 0) is 36.2 Å². The number of hydrogen-bond acceptors (Lipinski definition) is 4. The summed E-state index contributed by atoms with van der Waals surface area (Å²) in [5.41, 5.74) is 1.10. The normalized spacial score (nSPS) is 13.0. The lowest BCUT2D eigenvalue weighted by molar-refractivity contribution is 0.0958. The first-order valence-electron chi connectivity index (χ1n) is 6.64. The summed E-state index contributed by atoms with van der Waals surface area (Å²) < 4.78 is 11.6. The van der Waals surface area contributed by atoms with E-state index in [4.69, 9.17) is 21.1 Å². The Morgan fingerprint density at radius 2 is 2.00 bits per heavy atom. The third-order valence-corrected chi connectivity index (χ3v) is 4.33. The van der Waals surface area contributed by atoms with Gasteiger partial charge >= 0.3 is 0 Å². The average Bonchev–Trinajstić information content (AvgIpc) is 2.94. The molecule has 0 saturated carbocycles. The van der Waals surface area contributed by atoms with E-state index in [1.165, 1.54) is 11.3 Å². The maximum Gasteiger partial charge on any atom is 0.261 e. The Labute approximate surface area is 131 Å². The molecule has 1 N–H and O–H groups in total. The number of amides is 1. The number of carbonyl (C=O) groups is 1. The first kappa shape index (κ1) is 14.2. The topological polar surface area (TPSA) is 47.6 Å². The number of rotatable bonds is 4. The van der Waals surface area contributed by atoms with Crippen LogP contribution < -0.4 is 14.8 Å². The monoisotopic (exact) mass is 323 g/mol. The van der Waals surface area contributed by atoms with E-state index < -0.39 is 0 Å². The Bertz CT molecular complexity index is 656. The predicted octanol–water partition coefficient (Wildman–Crippen LogP) is 3.15. The Morgan fingerprint density at radius 3 is 2.76 bits per heavy atom. The van der Waals surface area contributed by atoms with Crippen LogP contribution in [0.3, 0.4) is 0 Å². The van der Waals surface area contributed by atoms with Gasteiger partial charge in [0.2, 0.25) is 0 Å². The van der Waals surface area contributed by atoms with Gasteiger partial charge in [0.25, 0.3) is 5.91 Å². The fraction of sp³-hybridized carbons (Fsp3) is 0.267. The number of benzene rings is 1. The van der Waals surface area contributed by atoms with Gasteiger partial charge in [0.05, 0.1) is 9.21 Å². The Morgan fingerprint density at radius 1 is 1.19 bits per heavy atom. The molecular formula is C15H14ClNO3S. The van der Waals surface area contributed by atoms with Crippen LogP contribution in [0.15, 0.2) is 30.3 Å². The Hall–Kier alpha value is -1.72. The number of halogens is 1. The lowest BCUT2D eigenvalue weighted by Gasteiger charge is -2.18. The van der Waals surface area contributed by atoms with Gasteiger partial charge < -0.3 is 14.8 Å². The molecule has 2 heterocycles. The molecular weight excluding hydrogens is 310 g/mol. The molecule has 110 valence electrons. The Balaban J connectivity index is 1.54. The minimum Gasteiger partial charge on any atom is -0.486 e. The van der Waals surface area contributed by atoms with Crippen LogP contribution in [0.1, 0.15) is 15.2 Å². The van der Waals surface area contributed by atoms with Gasteiger partial charge in [-0.1, -0.05) is 17.7 Å². The number of carbonyl (C=O) groups excluding carboxylic acids is 1. The van der Waals surface area contributed by atoms with Crippen LogP contribution in [-0.4, -0.2) is 25.7 Å². The summed E-state index contributed by atoms with van der Waals surface area (Å²) in [6.07, 6.45) is 0.738. The van der Waals surface area contributed by atoms with Crippen molar-refractivity contribution in [2.75, 3.05) is 19.8 Å². The zero-order valence-corrected chi connectivity index (χ0v) is 12.8. The van der Waals surface area contributed by atoms with Crippen molar-refractivity contribution in [2.45, 2.75) is 6.42 Å². The van der Waals surface area contributed by atoms with Gasteiger partial charge in [0, 0.05) is 6.54 Å². The summed E-state index contributed by atoms with van der Waals surface area (Å²) in [5.74, 6) is 1.46. The van der Waals surface area contributed by atoms with Gasteiger partial charge in [-0.25, -0.2) is 0 Å². The van der Waals surface area contributed by atoms with Crippen LogP contribution in [0.25, 0.3) is 0 Å². The fourth-order valence-electron chi connectivity index (χ4n) is 2.09. The molecule has 1 aliphatic rings. The van der Waals surface area contributed by atoms with E-state index in [2.05, 4.69) is 5.32 Å². The summed E-state index contributed by atoms with van der Waals surface area (Å²) >= 11 is 7.09. The molecule has 4 nitrogen and oxygen atoms in total. The quantitative estimate of drug-likeness (QED) is 0.940. The zero-order valence-electron chi connectivity index (χ0n) is 11.2. The molecule has 0 radical (unpaired) electrons. The van der Waals surface area contributed by atoms with Crippen LogP contribution >= 0.6 is 22.9 Å². The summed E-state index contributed by atoms with van der Waals surface area (Å²) in [6.45, 7) is 1.73. The number of hydrogen-bond donors (Lipinski definition) is 1. The molecule has 3 rings (SSSR count). The van der Waals surface area contributed by atoms with Crippen molar-refractivity contribution in [3.05, 3.63) is 45.1 Å². The molecule has 0 saturated heterocycles. The summed E-state index contributed by atoms with van der Waals surface area (Å²) in [5, 5.41) is 2.88. The van der Waals surface area contributed by atoms with Crippen LogP contribution in [0.5, 0.6) is 11.5 Å². The smallest absolute Gasteiger partial charge is 0.261 e. The zero-order chi connectivity index (χ0) is 14.7. The highest BCUT2D eigenvalue weighted by molar-refractivity contribution is 7.17. The number of nitrogens with one attached hydrogen (secondary N) is 1. The second kappa shape index (κ2) is 6.37. The predicted molar refractivity (Wildman–Crippen MR) is 82.8 cm³/mol. The molecule has 0 bridgehead atoms. The third kappa shape index (κ3) is 3.49. The largest absolute Gasteiger partial charge is 0.486 e. The van der Waals surface area contributed by atoms with E-state index in [0.29, 0.717) is 29.0 Å². The van der Waals surface area contributed by atoms with Gasteiger partial charge in [-0.3, -0.25) is 4.79 Å². The Kier molecular flexibility index (Phi) is 4.31. The van der Waals surface area contributed by atoms with Gasteiger partial charge in [0.1, 0.15) is 13.2 Å². The van der Waals surface area contributed by atoms with Crippen LogP contribution in [0.2, 0.25) is 4.34 Å². The van der Waals surface area contributed by atoms with Gasteiger partial charge in [0.15, 0.2) is 11.5 Å².